The molecule has 1 heterocycles. The minimum atomic E-state index is 0.655. The molecule has 0 radical (unpaired) electrons. The molecule has 1 aliphatic carbocycles. The summed E-state index contributed by atoms with van der Waals surface area (Å²) in [6, 6.07) is 0.850. The van der Waals surface area contributed by atoms with Gasteiger partial charge in [0.05, 0.1) is 0 Å². The first-order valence-corrected chi connectivity index (χ1v) is 5.43. The van der Waals surface area contributed by atoms with Crippen LogP contribution in [0, 0.1) is 11.3 Å². The fourth-order valence-corrected chi connectivity index (χ4v) is 2.59. The Morgan fingerprint density at radius 3 is 2.58 bits per heavy atom. The third-order valence-electron chi connectivity index (χ3n) is 3.67. The van der Waals surface area contributed by atoms with Crippen molar-refractivity contribution in [3.8, 4) is 0 Å². The summed E-state index contributed by atoms with van der Waals surface area (Å²) in [4.78, 5) is 0. The highest BCUT2D eigenvalue weighted by atomic mass is 14.9. The lowest BCUT2D eigenvalue weighted by Gasteiger charge is -2.17. The SMILES string of the molecule is CC1(C)CC1C1CCCCCN1. The average Bonchev–Trinajstić information content (AvgIpc) is 2.68. The first-order valence-electron chi connectivity index (χ1n) is 5.43. The van der Waals surface area contributed by atoms with Crippen LogP contribution in [0.15, 0.2) is 0 Å². The Bertz CT molecular complexity index is 154. The highest BCUT2D eigenvalue weighted by Crippen LogP contribution is 2.54. The van der Waals surface area contributed by atoms with Crippen LogP contribution in [0.25, 0.3) is 0 Å². The number of nitrogens with one attached hydrogen (secondary N) is 1. The van der Waals surface area contributed by atoms with Gasteiger partial charge in [0.25, 0.3) is 0 Å². The second-order valence-electron chi connectivity index (χ2n) is 5.21. The molecular weight excluding hydrogens is 146 g/mol. The van der Waals surface area contributed by atoms with Crippen molar-refractivity contribution in [2.45, 2.75) is 52.0 Å². The van der Waals surface area contributed by atoms with Crippen molar-refractivity contribution in [3.63, 3.8) is 0 Å². The van der Waals surface area contributed by atoms with E-state index in [1.807, 2.05) is 0 Å². The molecule has 2 atom stereocenters. The summed E-state index contributed by atoms with van der Waals surface area (Å²) in [5.41, 5.74) is 0.655. The largest absolute Gasteiger partial charge is 0.314 e. The molecule has 2 fully saturated rings. The van der Waals surface area contributed by atoms with Crippen molar-refractivity contribution in [3.05, 3.63) is 0 Å². The van der Waals surface area contributed by atoms with Gasteiger partial charge < -0.3 is 5.32 Å². The van der Waals surface area contributed by atoms with E-state index >= 15 is 0 Å². The van der Waals surface area contributed by atoms with Crippen molar-refractivity contribution >= 4 is 0 Å². The first kappa shape index (κ1) is 8.55. The molecular formula is C11H21N. The summed E-state index contributed by atoms with van der Waals surface area (Å²) >= 11 is 0. The molecule has 0 aromatic rings. The maximum atomic E-state index is 3.70. The molecule has 70 valence electrons. The lowest BCUT2D eigenvalue weighted by atomic mass is 10.0. The molecule has 0 bridgehead atoms. The highest BCUT2D eigenvalue weighted by Gasteiger charge is 2.49. The van der Waals surface area contributed by atoms with Crippen LogP contribution in [0.2, 0.25) is 0 Å². The van der Waals surface area contributed by atoms with Crippen LogP contribution in [0.5, 0.6) is 0 Å². The van der Waals surface area contributed by atoms with Gasteiger partial charge in [-0.1, -0.05) is 26.7 Å². The highest BCUT2D eigenvalue weighted by molar-refractivity contribution is 5.01. The minimum Gasteiger partial charge on any atom is -0.314 e. The van der Waals surface area contributed by atoms with E-state index in [9.17, 15) is 0 Å². The second-order valence-corrected chi connectivity index (χ2v) is 5.21. The third-order valence-corrected chi connectivity index (χ3v) is 3.67. The molecule has 1 aliphatic heterocycles. The molecule has 0 amide bonds. The average molecular weight is 167 g/mol. The zero-order chi connectivity index (χ0) is 8.60. The maximum Gasteiger partial charge on any atom is 0.0101 e. The Balaban J connectivity index is 1.87. The van der Waals surface area contributed by atoms with Crippen molar-refractivity contribution in [1.29, 1.82) is 0 Å². The zero-order valence-electron chi connectivity index (χ0n) is 8.40. The van der Waals surface area contributed by atoms with Gasteiger partial charge in [-0.3, -0.25) is 0 Å². The number of rotatable bonds is 1. The summed E-state index contributed by atoms with van der Waals surface area (Å²) in [6.45, 7) is 6.08. The van der Waals surface area contributed by atoms with E-state index in [1.165, 1.54) is 38.6 Å². The molecule has 0 spiro atoms. The van der Waals surface area contributed by atoms with Gasteiger partial charge in [0, 0.05) is 6.04 Å². The predicted octanol–water partition coefficient (Wildman–Crippen LogP) is 2.56. The van der Waals surface area contributed by atoms with Crippen molar-refractivity contribution < 1.29 is 0 Å². The summed E-state index contributed by atoms with van der Waals surface area (Å²) in [5.74, 6) is 0.982. The molecule has 12 heavy (non-hydrogen) atoms. The topological polar surface area (TPSA) is 12.0 Å². The normalized spacial score (nSPS) is 40.5. The molecule has 2 unspecified atom stereocenters. The Kier molecular flexibility index (Phi) is 2.16. The summed E-state index contributed by atoms with van der Waals surface area (Å²) in [6.07, 6.45) is 7.16. The summed E-state index contributed by atoms with van der Waals surface area (Å²) in [5, 5.41) is 3.70. The fourth-order valence-electron chi connectivity index (χ4n) is 2.59. The van der Waals surface area contributed by atoms with Crippen LogP contribution < -0.4 is 5.32 Å². The standard InChI is InChI=1S/C11H21N/c1-11(2)8-9(11)10-6-4-3-5-7-12-10/h9-10,12H,3-8H2,1-2H3. The van der Waals surface area contributed by atoms with Crippen LogP contribution in [0.4, 0.5) is 0 Å². The predicted molar refractivity (Wildman–Crippen MR) is 52.1 cm³/mol. The number of hydrogen-bond acceptors (Lipinski definition) is 1. The van der Waals surface area contributed by atoms with Gasteiger partial charge in [0.1, 0.15) is 0 Å². The van der Waals surface area contributed by atoms with Gasteiger partial charge in [-0.25, -0.2) is 0 Å². The van der Waals surface area contributed by atoms with E-state index in [4.69, 9.17) is 0 Å². The van der Waals surface area contributed by atoms with Gasteiger partial charge in [-0.2, -0.15) is 0 Å². The van der Waals surface area contributed by atoms with Crippen LogP contribution in [0.1, 0.15) is 46.0 Å². The molecule has 2 rings (SSSR count). The first-order chi connectivity index (χ1) is 5.70. The lowest BCUT2D eigenvalue weighted by molar-refractivity contribution is 0.400. The Morgan fingerprint density at radius 2 is 1.92 bits per heavy atom. The second kappa shape index (κ2) is 3.02. The van der Waals surface area contributed by atoms with Crippen LogP contribution in [0.3, 0.4) is 0 Å². The van der Waals surface area contributed by atoms with E-state index in [1.54, 1.807) is 0 Å². The van der Waals surface area contributed by atoms with Gasteiger partial charge in [-0.05, 0) is 37.1 Å². The van der Waals surface area contributed by atoms with Gasteiger partial charge in [0.2, 0.25) is 0 Å². The Hall–Kier alpha value is -0.0400. The van der Waals surface area contributed by atoms with Crippen molar-refractivity contribution in [2.75, 3.05) is 6.54 Å². The zero-order valence-corrected chi connectivity index (χ0v) is 8.40. The minimum absolute atomic E-state index is 0.655. The molecule has 1 heteroatoms. The van der Waals surface area contributed by atoms with E-state index in [0.717, 1.165) is 12.0 Å². The fraction of sp³-hybridized carbons (Fsp3) is 1.00. The molecule has 2 aliphatic rings. The van der Waals surface area contributed by atoms with Gasteiger partial charge in [-0.15, -0.1) is 0 Å². The quantitative estimate of drug-likeness (QED) is 0.633. The van der Waals surface area contributed by atoms with Crippen LogP contribution >= 0.6 is 0 Å². The third kappa shape index (κ3) is 1.66. The van der Waals surface area contributed by atoms with Crippen LogP contribution in [-0.4, -0.2) is 12.6 Å². The van der Waals surface area contributed by atoms with Gasteiger partial charge >= 0.3 is 0 Å². The Morgan fingerprint density at radius 1 is 1.17 bits per heavy atom. The number of hydrogen-bond donors (Lipinski definition) is 1. The van der Waals surface area contributed by atoms with E-state index in [0.29, 0.717) is 5.41 Å². The van der Waals surface area contributed by atoms with Crippen molar-refractivity contribution in [1.82, 2.24) is 5.32 Å². The van der Waals surface area contributed by atoms with Crippen molar-refractivity contribution in [2.24, 2.45) is 11.3 Å². The lowest BCUT2D eigenvalue weighted by Crippen LogP contribution is -2.31. The molecule has 1 saturated heterocycles. The van der Waals surface area contributed by atoms with E-state index in [-0.39, 0.29) is 0 Å². The van der Waals surface area contributed by atoms with Crippen LogP contribution in [-0.2, 0) is 0 Å². The maximum absolute atomic E-state index is 3.70. The molecule has 0 aromatic heterocycles. The Labute approximate surface area is 75.9 Å². The molecule has 0 aromatic carbocycles. The summed E-state index contributed by atoms with van der Waals surface area (Å²) in [7, 11) is 0. The van der Waals surface area contributed by atoms with Gasteiger partial charge in [0.15, 0.2) is 0 Å². The summed E-state index contributed by atoms with van der Waals surface area (Å²) < 4.78 is 0. The van der Waals surface area contributed by atoms with E-state index < -0.39 is 0 Å². The molecule has 1 nitrogen and oxygen atoms in total. The molecule has 1 saturated carbocycles. The smallest absolute Gasteiger partial charge is 0.0101 e. The monoisotopic (exact) mass is 167 g/mol. The molecule has 1 N–H and O–H groups in total. The van der Waals surface area contributed by atoms with E-state index in [2.05, 4.69) is 19.2 Å².